The Morgan fingerprint density at radius 2 is 1.90 bits per heavy atom. The van der Waals surface area contributed by atoms with E-state index in [-0.39, 0.29) is 30.2 Å². The summed E-state index contributed by atoms with van der Waals surface area (Å²) >= 11 is 0. The van der Waals surface area contributed by atoms with E-state index in [0.717, 1.165) is 38.8 Å². The molecule has 2 rings (SSSR count). The molecule has 1 heterocycles. The van der Waals surface area contributed by atoms with Crippen LogP contribution in [-0.4, -0.2) is 36.9 Å². The van der Waals surface area contributed by atoms with Crippen LogP contribution in [0.3, 0.4) is 0 Å². The molecule has 1 aliphatic heterocycles. The first-order valence-corrected chi connectivity index (χ1v) is 7.29. The SMILES string of the molecule is CC(CN1CCC(c2ccc(F)cc2)CC1)C(N)C=O.Cl. The van der Waals surface area contributed by atoms with Gasteiger partial charge in [-0.1, -0.05) is 19.1 Å². The average Bonchev–Trinajstić information content (AvgIpc) is 2.48. The van der Waals surface area contributed by atoms with Crippen molar-refractivity contribution in [3.8, 4) is 0 Å². The highest BCUT2D eigenvalue weighted by Gasteiger charge is 2.23. The summed E-state index contributed by atoms with van der Waals surface area (Å²) < 4.78 is 12.9. The van der Waals surface area contributed by atoms with Gasteiger partial charge in [0, 0.05) is 6.54 Å². The van der Waals surface area contributed by atoms with Gasteiger partial charge in [-0.3, -0.25) is 0 Å². The summed E-state index contributed by atoms with van der Waals surface area (Å²) in [4.78, 5) is 13.0. The summed E-state index contributed by atoms with van der Waals surface area (Å²) in [5.74, 6) is 0.527. The van der Waals surface area contributed by atoms with Gasteiger partial charge in [-0.05, 0) is 55.5 Å². The first kappa shape index (κ1) is 18.1. The molecule has 1 aromatic carbocycles. The van der Waals surface area contributed by atoms with E-state index >= 15 is 0 Å². The Bertz CT molecular complexity index is 432. The minimum absolute atomic E-state index is 0. The molecule has 1 aliphatic rings. The molecule has 1 fully saturated rings. The number of hydrogen-bond donors (Lipinski definition) is 1. The van der Waals surface area contributed by atoms with Crippen molar-refractivity contribution in [2.24, 2.45) is 11.7 Å². The van der Waals surface area contributed by atoms with E-state index in [9.17, 15) is 9.18 Å². The number of nitrogens with zero attached hydrogens (tertiary/aromatic N) is 1. The molecule has 0 saturated carbocycles. The van der Waals surface area contributed by atoms with Gasteiger partial charge in [0.1, 0.15) is 12.1 Å². The van der Waals surface area contributed by atoms with Crippen molar-refractivity contribution in [3.63, 3.8) is 0 Å². The summed E-state index contributed by atoms with van der Waals surface area (Å²) in [6.45, 7) is 4.91. The minimum Gasteiger partial charge on any atom is -0.321 e. The van der Waals surface area contributed by atoms with Crippen molar-refractivity contribution < 1.29 is 9.18 Å². The van der Waals surface area contributed by atoms with Crippen LogP contribution in [0.4, 0.5) is 4.39 Å². The maximum Gasteiger partial charge on any atom is 0.137 e. The van der Waals surface area contributed by atoms with E-state index in [2.05, 4.69) is 4.90 Å². The smallest absolute Gasteiger partial charge is 0.137 e. The van der Waals surface area contributed by atoms with Gasteiger partial charge < -0.3 is 15.4 Å². The van der Waals surface area contributed by atoms with Gasteiger partial charge in [0.25, 0.3) is 0 Å². The van der Waals surface area contributed by atoms with Crippen molar-refractivity contribution in [1.29, 1.82) is 0 Å². The molecule has 0 amide bonds. The molecule has 1 aromatic rings. The molecule has 1 saturated heterocycles. The lowest BCUT2D eigenvalue weighted by Crippen LogP contribution is -2.41. The topological polar surface area (TPSA) is 46.3 Å². The zero-order valence-corrected chi connectivity index (χ0v) is 13.2. The summed E-state index contributed by atoms with van der Waals surface area (Å²) in [6, 6.07) is 6.48. The molecule has 0 spiro atoms. The fourth-order valence-corrected chi connectivity index (χ4v) is 2.85. The Morgan fingerprint density at radius 1 is 1.33 bits per heavy atom. The molecular weight excluding hydrogens is 291 g/mol. The van der Waals surface area contributed by atoms with Crippen molar-refractivity contribution in [3.05, 3.63) is 35.6 Å². The van der Waals surface area contributed by atoms with Gasteiger partial charge in [0.2, 0.25) is 0 Å². The number of piperidine rings is 1. The number of hydrogen-bond acceptors (Lipinski definition) is 3. The number of rotatable bonds is 5. The fraction of sp³-hybridized carbons (Fsp3) is 0.562. The Kier molecular flexibility index (Phi) is 7.29. The lowest BCUT2D eigenvalue weighted by atomic mass is 9.89. The maximum absolute atomic E-state index is 12.9. The van der Waals surface area contributed by atoms with Gasteiger partial charge in [-0.25, -0.2) is 4.39 Å². The summed E-state index contributed by atoms with van der Waals surface area (Å²) in [6.07, 6.45) is 2.99. The summed E-state index contributed by atoms with van der Waals surface area (Å²) in [5.41, 5.74) is 6.96. The Balaban J connectivity index is 0.00000220. The Morgan fingerprint density at radius 3 is 2.43 bits per heavy atom. The summed E-state index contributed by atoms with van der Waals surface area (Å²) in [5, 5.41) is 0. The standard InChI is InChI=1S/C16H23FN2O.ClH/c1-12(16(18)11-20)10-19-8-6-14(7-9-19)13-2-4-15(17)5-3-13;/h2-5,11-12,14,16H,6-10,18H2,1H3;1H. The zero-order valence-electron chi connectivity index (χ0n) is 12.4. The van der Waals surface area contributed by atoms with Crippen molar-refractivity contribution in [2.75, 3.05) is 19.6 Å². The summed E-state index contributed by atoms with van der Waals surface area (Å²) in [7, 11) is 0. The maximum atomic E-state index is 12.9. The molecule has 118 valence electrons. The van der Waals surface area contributed by atoms with E-state index in [1.807, 2.05) is 19.1 Å². The number of aldehydes is 1. The van der Waals surface area contributed by atoms with Gasteiger partial charge in [-0.2, -0.15) is 0 Å². The zero-order chi connectivity index (χ0) is 14.5. The van der Waals surface area contributed by atoms with Crippen LogP contribution < -0.4 is 5.73 Å². The molecule has 0 aliphatic carbocycles. The normalized spacial score (nSPS) is 19.6. The van der Waals surface area contributed by atoms with Gasteiger partial charge in [-0.15, -0.1) is 12.4 Å². The van der Waals surface area contributed by atoms with Crippen LogP contribution in [0, 0.1) is 11.7 Å². The minimum atomic E-state index is -0.371. The van der Waals surface area contributed by atoms with E-state index < -0.39 is 0 Å². The van der Waals surface area contributed by atoms with Gasteiger partial charge in [0.15, 0.2) is 0 Å². The number of carbonyl (C=O) groups is 1. The number of benzene rings is 1. The quantitative estimate of drug-likeness (QED) is 0.850. The van der Waals surface area contributed by atoms with E-state index in [1.54, 1.807) is 0 Å². The average molecular weight is 315 g/mol. The van der Waals surface area contributed by atoms with Crippen LogP contribution in [0.1, 0.15) is 31.2 Å². The molecule has 0 bridgehead atoms. The third kappa shape index (κ3) is 5.06. The third-order valence-corrected chi connectivity index (χ3v) is 4.29. The van der Waals surface area contributed by atoms with Gasteiger partial charge >= 0.3 is 0 Å². The van der Waals surface area contributed by atoms with Crippen LogP contribution in [0.2, 0.25) is 0 Å². The number of carbonyl (C=O) groups excluding carboxylic acids is 1. The molecule has 0 radical (unpaired) electrons. The molecule has 2 N–H and O–H groups in total. The highest BCUT2D eigenvalue weighted by Crippen LogP contribution is 2.28. The second-order valence-electron chi connectivity index (χ2n) is 5.82. The first-order valence-electron chi connectivity index (χ1n) is 7.29. The Hall–Kier alpha value is -0.970. The fourth-order valence-electron chi connectivity index (χ4n) is 2.85. The van der Waals surface area contributed by atoms with E-state index in [1.165, 1.54) is 17.7 Å². The van der Waals surface area contributed by atoms with Crippen LogP contribution in [0.15, 0.2) is 24.3 Å². The monoisotopic (exact) mass is 314 g/mol. The predicted molar refractivity (Wildman–Crippen MR) is 85.3 cm³/mol. The van der Waals surface area contributed by atoms with Crippen LogP contribution in [0.25, 0.3) is 0 Å². The largest absolute Gasteiger partial charge is 0.321 e. The van der Waals surface area contributed by atoms with E-state index in [0.29, 0.717) is 5.92 Å². The van der Waals surface area contributed by atoms with E-state index in [4.69, 9.17) is 5.73 Å². The molecule has 0 aromatic heterocycles. The Labute approximate surface area is 132 Å². The molecule has 3 nitrogen and oxygen atoms in total. The third-order valence-electron chi connectivity index (χ3n) is 4.29. The highest BCUT2D eigenvalue weighted by atomic mass is 35.5. The number of nitrogens with two attached hydrogens (primary N) is 1. The van der Waals surface area contributed by atoms with Crippen molar-refractivity contribution in [1.82, 2.24) is 4.90 Å². The lowest BCUT2D eigenvalue weighted by molar-refractivity contribution is -0.109. The highest BCUT2D eigenvalue weighted by molar-refractivity contribution is 5.85. The van der Waals surface area contributed by atoms with Crippen LogP contribution >= 0.6 is 12.4 Å². The van der Waals surface area contributed by atoms with Gasteiger partial charge in [0.05, 0.1) is 6.04 Å². The molecular formula is C16H24ClFN2O. The predicted octanol–water partition coefficient (Wildman–Crippen LogP) is 2.59. The first-order chi connectivity index (χ1) is 9.60. The molecule has 21 heavy (non-hydrogen) atoms. The van der Waals surface area contributed by atoms with Crippen molar-refractivity contribution >= 4 is 18.7 Å². The lowest BCUT2D eigenvalue weighted by Gasteiger charge is -2.34. The van der Waals surface area contributed by atoms with Crippen molar-refractivity contribution in [2.45, 2.75) is 31.7 Å². The van der Waals surface area contributed by atoms with Crippen LogP contribution in [-0.2, 0) is 4.79 Å². The molecule has 2 unspecified atom stereocenters. The molecule has 5 heteroatoms. The van der Waals surface area contributed by atoms with Crippen LogP contribution in [0.5, 0.6) is 0 Å². The number of halogens is 2. The second kappa shape index (κ2) is 8.47. The molecule has 2 atom stereocenters. The second-order valence-corrected chi connectivity index (χ2v) is 5.82. The number of likely N-dealkylation sites (tertiary alicyclic amines) is 1.